The molecule has 0 aliphatic carbocycles. The summed E-state index contributed by atoms with van der Waals surface area (Å²) in [7, 11) is 0. The second kappa shape index (κ2) is 9.03. The van der Waals surface area contributed by atoms with Gasteiger partial charge < -0.3 is 10.1 Å². The van der Waals surface area contributed by atoms with E-state index in [0.29, 0.717) is 13.0 Å². The topological polar surface area (TPSA) is 55.4 Å². The van der Waals surface area contributed by atoms with Gasteiger partial charge in [-0.1, -0.05) is 50.8 Å². The summed E-state index contributed by atoms with van der Waals surface area (Å²) in [5, 5.41) is 2.75. The van der Waals surface area contributed by atoms with Gasteiger partial charge in [-0.2, -0.15) is 0 Å². The average Bonchev–Trinajstić information content (AvgIpc) is 2.46. The van der Waals surface area contributed by atoms with Gasteiger partial charge in [-0.25, -0.2) is 0 Å². The summed E-state index contributed by atoms with van der Waals surface area (Å²) < 4.78 is 5.18. The zero-order valence-corrected chi connectivity index (χ0v) is 13.5. The van der Waals surface area contributed by atoms with Gasteiger partial charge in [0.25, 0.3) is 0 Å². The van der Waals surface area contributed by atoms with Crippen molar-refractivity contribution in [3.8, 4) is 0 Å². The molecule has 1 aromatic carbocycles. The molecule has 0 fully saturated rings. The Morgan fingerprint density at radius 1 is 1.27 bits per heavy atom. The molecular formula is C18H24NO3. The van der Waals surface area contributed by atoms with Crippen molar-refractivity contribution < 1.29 is 14.3 Å². The van der Waals surface area contributed by atoms with E-state index in [2.05, 4.69) is 11.9 Å². The second-order valence-electron chi connectivity index (χ2n) is 5.38. The highest BCUT2D eigenvalue weighted by Crippen LogP contribution is 2.09. The minimum absolute atomic E-state index is 0.0771. The Hall–Kier alpha value is -2.10. The van der Waals surface area contributed by atoms with Crippen LogP contribution < -0.4 is 5.32 Å². The quantitative estimate of drug-likeness (QED) is 0.563. The number of hydrogen-bond donors (Lipinski definition) is 1. The molecule has 1 unspecified atom stereocenters. The highest BCUT2D eigenvalue weighted by Gasteiger charge is 2.24. The van der Waals surface area contributed by atoms with E-state index in [9.17, 15) is 9.59 Å². The van der Waals surface area contributed by atoms with Crippen molar-refractivity contribution in [2.24, 2.45) is 5.92 Å². The van der Waals surface area contributed by atoms with Crippen molar-refractivity contribution in [2.75, 3.05) is 6.61 Å². The lowest BCUT2D eigenvalue weighted by Crippen LogP contribution is -2.43. The van der Waals surface area contributed by atoms with Crippen LogP contribution in [0.1, 0.15) is 26.3 Å². The van der Waals surface area contributed by atoms with Gasteiger partial charge in [0.05, 0.1) is 19.1 Å². The molecule has 4 heteroatoms. The minimum atomic E-state index is -0.677. The molecule has 0 aromatic heterocycles. The number of ketones is 1. The van der Waals surface area contributed by atoms with Crippen LogP contribution in [0.15, 0.2) is 42.7 Å². The fraction of sp³-hybridized carbons (Fsp3) is 0.389. The third-order valence-corrected chi connectivity index (χ3v) is 2.99. The van der Waals surface area contributed by atoms with Crippen LogP contribution in [0.3, 0.4) is 0 Å². The number of carbonyl (C=O) groups is 2. The molecule has 0 aliphatic heterocycles. The number of Topliss-reactive ketones (excluding diaryl/α,β-unsaturated/α-hetero) is 1. The molecule has 1 rings (SSSR count). The highest BCUT2D eigenvalue weighted by molar-refractivity contribution is 6.00. The van der Waals surface area contributed by atoms with E-state index in [4.69, 9.17) is 4.74 Å². The average molecular weight is 302 g/mol. The Morgan fingerprint density at radius 3 is 2.45 bits per heavy atom. The summed E-state index contributed by atoms with van der Waals surface area (Å²) in [6, 6.07) is 8.87. The van der Waals surface area contributed by atoms with E-state index >= 15 is 0 Å². The first-order valence-corrected chi connectivity index (χ1v) is 7.49. The number of amides is 1. The third-order valence-electron chi connectivity index (χ3n) is 2.99. The zero-order chi connectivity index (χ0) is 16.5. The SMILES string of the molecule is C=C(OCC)C(=O)C(Cc1ccccc1)NC(=O)[CH]C(C)C. The summed E-state index contributed by atoms with van der Waals surface area (Å²) in [5.74, 6) is -0.361. The number of nitrogens with one attached hydrogen (secondary N) is 1. The number of benzene rings is 1. The summed E-state index contributed by atoms with van der Waals surface area (Å²) in [6.07, 6.45) is 1.96. The molecular weight excluding hydrogens is 278 g/mol. The van der Waals surface area contributed by atoms with Gasteiger partial charge in [0.2, 0.25) is 11.7 Å². The van der Waals surface area contributed by atoms with Gasteiger partial charge in [-0.05, 0) is 18.4 Å². The standard InChI is InChI=1S/C18H24NO3/c1-5-22-14(4)18(21)16(19-17(20)11-13(2)3)12-15-9-7-6-8-10-15/h6-11,13,16H,4-5,12H2,1-3H3,(H,19,20). The van der Waals surface area contributed by atoms with Crippen molar-refractivity contribution >= 4 is 11.7 Å². The van der Waals surface area contributed by atoms with Crippen molar-refractivity contribution in [3.63, 3.8) is 0 Å². The molecule has 22 heavy (non-hydrogen) atoms. The van der Waals surface area contributed by atoms with Crippen LogP contribution in [-0.4, -0.2) is 24.3 Å². The van der Waals surface area contributed by atoms with Gasteiger partial charge in [-0.3, -0.25) is 9.59 Å². The first kappa shape index (κ1) is 18.0. The first-order chi connectivity index (χ1) is 10.4. The van der Waals surface area contributed by atoms with E-state index < -0.39 is 6.04 Å². The number of carbonyl (C=O) groups excluding carboxylic acids is 2. The molecule has 1 atom stereocenters. The second-order valence-corrected chi connectivity index (χ2v) is 5.38. The van der Waals surface area contributed by atoms with Crippen molar-refractivity contribution in [3.05, 3.63) is 54.7 Å². The molecule has 1 radical (unpaired) electrons. The smallest absolute Gasteiger partial charge is 0.224 e. The molecule has 1 amide bonds. The Labute approximate surface area is 132 Å². The summed E-state index contributed by atoms with van der Waals surface area (Å²) in [5.41, 5.74) is 0.968. The van der Waals surface area contributed by atoms with Crippen LogP contribution in [0.4, 0.5) is 0 Å². The Kier molecular flexibility index (Phi) is 7.37. The largest absolute Gasteiger partial charge is 0.491 e. The van der Waals surface area contributed by atoms with Gasteiger partial charge in [0, 0.05) is 6.42 Å². The van der Waals surface area contributed by atoms with Crippen LogP contribution in [0.25, 0.3) is 0 Å². The van der Waals surface area contributed by atoms with Crippen LogP contribution in [0.5, 0.6) is 0 Å². The first-order valence-electron chi connectivity index (χ1n) is 7.49. The minimum Gasteiger partial charge on any atom is -0.491 e. The lowest BCUT2D eigenvalue weighted by molar-refractivity contribution is -0.126. The lowest BCUT2D eigenvalue weighted by atomic mass is 10.0. The van der Waals surface area contributed by atoms with E-state index in [0.717, 1.165) is 5.56 Å². The summed E-state index contributed by atoms with van der Waals surface area (Å²) >= 11 is 0. The number of ether oxygens (including phenoxy) is 1. The lowest BCUT2D eigenvalue weighted by Gasteiger charge is -2.19. The normalized spacial score (nSPS) is 11.8. The van der Waals surface area contributed by atoms with E-state index in [1.807, 2.05) is 44.2 Å². The summed E-state index contributed by atoms with van der Waals surface area (Å²) in [6.45, 7) is 9.62. The van der Waals surface area contributed by atoms with Crippen molar-refractivity contribution in [1.29, 1.82) is 0 Å². The third kappa shape index (κ3) is 6.12. The van der Waals surface area contributed by atoms with Gasteiger partial charge in [0.15, 0.2) is 5.76 Å². The van der Waals surface area contributed by atoms with Gasteiger partial charge in [0.1, 0.15) is 0 Å². The zero-order valence-electron chi connectivity index (χ0n) is 13.5. The monoisotopic (exact) mass is 302 g/mol. The molecule has 0 heterocycles. The maximum Gasteiger partial charge on any atom is 0.224 e. The fourth-order valence-corrected chi connectivity index (χ4v) is 2.02. The molecule has 1 N–H and O–H groups in total. The van der Waals surface area contributed by atoms with E-state index in [1.165, 1.54) is 0 Å². The van der Waals surface area contributed by atoms with E-state index in [1.54, 1.807) is 13.3 Å². The van der Waals surface area contributed by atoms with Crippen molar-refractivity contribution in [2.45, 2.75) is 33.2 Å². The molecule has 0 spiro atoms. The number of rotatable bonds is 9. The molecule has 0 saturated carbocycles. The predicted octanol–water partition coefficient (Wildman–Crippen LogP) is 2.69. The predicted molar refractivity (Wildman–Crippen MR) is 87.0 cm³/mol. The molecule has 0 aliphatic rings. The Balaban J connectivity index is 2.82. The van der Waals surface area contributed by atoms with Gasteiger partial charge in [-0.15, -0.1) is 0 Å². The highest BCUT2D eigenvalue weighted by atomic mass is 16.5. The van der Waals surface area contributed by atoms with E-state index in [-0.39, 0.29) is 23.4 Å². The maximum absolute atomic E-state index is 12.4. The molecule has 0 saturated heterocycles. The van der Waals surface area contributed by atoms with Gasteiger partial charge >= 0.3 is 0 Å². The van der Waals surface area contributed by atoms with Crippen LogP contribution in [0, 0.1) is 12.3 Å². The molecule has 0 bridgehead atoms. The fourth-order valence-electron chi connectivity index (χ4n) is 2.02. The Morgan fingerprint density at radius 2 is 1.91 bits per heavy atom. The maximum atomic E-state index is 12.4. The molecule has 119 valence electrons. The van der Waals surface area contributed by atoms with Crippen LogP contribution in [-0.2, 0) is 20.7 Å². The Bertz CT molecular complexity index is 508. The van der Waals surface area contributed by atoms with Crippen LogP contribution >= 0.6 is 0 Å². The number of hydrogen-bond acceptors (Lipinski definition) is 3. The molecule has 4 nitrogen and oxygen atoms in total. The van der Waals surface area contributed by atoms with Crippen LogP contribution in [0.2, 0.25) is 0 Å². The summed E-state index contributed by atoms with van der Waals surface area (Å²) in [4.78, 5) is 24.4. The molecule has 1 aromatic rings. The van der Waals surface area contributed by atoms with Crippen molar-refractivity contribution in [1.82, 2.24) is 5.32 Å².